The number of halogens is 3. The summed E-state index contributed by atoms with van der Waals surface area (Å²) in [5, 5.41) is 11.5. The van der Waals surface area contributed by atoms with E-state index >= 15 is 0 Å². The van der Waals surface area contributed by atoms with Gasteiger partial charge in [0.05, 0.1) is 25.1 Å². The summed E-state index contributed by atoms with van der Waals surface area (Å²) in [6, 6.07) is 3.49. The van der Waals surface area contributed by atoms with Crippen molar-refractivity contribution in [2.24, 2.45) is 4.99 Å². The Kier molecular flexibility index (Phi) is 5.28. The maximum absolute atomic E-state index is 13.5. The SMILES string of the molecule is COC(=O)C1=C(CBr)NC(n2nccn2)=N[C@H]1c1ccc(F)cc1Br. The Bertz CT molecular complexity index is 867. The van der Waals surface area contributed by atoms with Crippen molar-refractivity contribution < 1.29 is 13.9 Å². The van der Waals surface area contributed by atoms with Crippen LogP contribution in [0, 0.1) is 5.82 Å². The quantitative estimate of drug-likeness (QED) is 0.548. The van der Waals surface area contributed by atoms with E-state index in [1.165, 1.54) is 36.4 Å². The van der Waals surface area contributed by atoms with Gasteiger partial charge < -0.3 is 10.1 Å². The largest absolute Gasteiger partial charge is 0.466 e. The third-order valence-electron chi connectivity index (χ3n) is 3.52. The van der Waals surface area contributed by atoms with E-state index < -0.39 is 17.8 Å². The van der Waals surface area contributed by atoms with Gasteiger partial charge in [0.25, 0.3) is 0 Å². The van der Waals surface area contributed by atoms with E-state index in [9.17, 15) is 9.18 Å². The number of aromatic nitrogens is 3. The zero-order valence-electron chi connectivity index (χ0n) is 12.9. The zero-order chi connectivity index (χ0) is 18.0. The van der Waals surface area contributed by atoms with E-state index in [4.69, 9.17) is 4.74 Å². The minimum absolute atomic E-state index is 0.322. The van der Waals surface area contributed by atoms with Crippen LogP contribution >= 0.6 is 31.9 Å². The molecule has 2 heterocycles. The minimum Gasteiger partial charge on any atom is -0.466 e. The lowest BCUT2D eigenvalue weighted by molar-refractivity contribution is -0.136. The molecule has 0 bridgehead atoms. The molecule has 0 saturated heterocycles. The van der Waals surface area contributed by atoms with Crippen LogP contribution in [0.3, 0.4) is 0 Å². The lowest BCUT2D eigenvalue weighted by Crippen LogP contribution is -2.39. The van der Waals surface area contributed by atoms with Crippen LogP contribution < -0.4 is 5.32 Å². The lowest BCUT2D eigenvalue weighted by atomic mass is 9.96. The van der Waals surface area contributed by atoms with E-state index in [0.717, 1.165) is 0 Å². The molecular formula is C15H12Br2FN5O2. The molecule has 10 heteroatoms. The summed E-state index contributed by atoms with van der Waals surface area (Å²) in [5.74, 6) is -0.584. The Morgan fingerprint density at radius 2 is 2.12 bits per heavy atom. The van der Waals surface area contributed by atoms with Gasteiger partial charge in [-0.1, -0.05) is 37.9 Å². The van der Waals surface area contributed by atoms with Crippen molar-refractivity contribution in [3.8, 4) is 0 Å². The Balaban J connectivity index is 2.17. The molecule has 1 aliphatic heterocycles. The van der Waals surface area contributed by atoms with Gasteiger partial charge in [0.2, 0.25) is 5.96 Å². The first-order valence-corrected chi connectivity index (χ1v) is 9.00. The van der Waals surface area contributed by atoms with Crippen molar-refractivity contribution in [2.45, 2.75) is 6.04 Å². The predicted molar refractivity (Wildman–Crippen MR) is 95.7 cm³/mol. The molecule has 0 fully saturated rings. The average molecular weight is 473 g/mol. The van der Waals surface area contributed by atoms with E-state index in [1.54, 1.807) is 6.07 Å². The van der Waals surface area contributed by atoms with Crippen molar-refractivity contribution in [3.05, 3.63) is 57.7 Å². The summed E-state index contributed by atoms with van der Waals surface area (Å²) in [7, 11) is 1.30. The Morgan fingerprint density at radius 3 is 2.72 bits per heavy atom. The molecule has 0 unspecified atom stereocenters. The van der Waals surface area contributed by atoms with Crippen LogP contribution in [0.1, 0.15) is 11.6 Å². The molecule has 1 aromatic carbocycles. The molecule has 0 aliphatic carbocycles. The number of benzene rings is 1. The third kappa shape index (κ3) is 3.49. The summed E-state index contributed by atoms with van der Waals surface area (Å²) in [4.78, 5) is 18.2. The van der Waals surface area contributed by atoms with Crippen LogP contribution in [0.2, 0.25) is 0 Å². The van der Waals surface area contributed by atoms with Gasteiger partial charge in [-0.25, -0.2) is 14.2 Å². The molecule has 1 aromatic heterocycles. The van der Waals surface area contributed by atoms with Crippen LogP contribution in [-0.2, 0) is 9.53 Å². The molecule has 0 radical (unpaired) electrons. The van der Waals surface area contributed by atoms with Gasteiger partial charge in [-0.05, 0) is 17.7 Å². The maximum Gasteiger partial charge on any atom is 0.338 e. The van der Waals surface area contributed by atoms with Gasteiger partial charge in [-0.15, -0.1) is 4.80 Å². The van der Waals surface area contributed by atoms with Crippen LogP contribution in [0.25, 0.3) is 0 Å². The summed E-state index contributed by atoms with van der Waals surface area (Å²) < 4.78 is 18.9. The minimum atomic E-state index is -0.711. The third-order valence-corrected chi connectivity index (χ3v) is 4.76. The topological polar surface area (TPSA) is 81.4 Å². The fourth-order valence-electron chi connectivity index (χ4n) is 2.41. The predicted octanol–water partition coefficient (Wildman–Crippen LogP) is 2.55. The summed E-state index contributed by atoms with van der Waals surface area (Å²) in [5.41, 5.74) is 1.50. The number of carbonyl (C=O) groups excluding carboxylic acids is 1. The molecular weight excluding hydrogens is 461 g/mol. The Hall–Kier alpha value is -2.07. The van der Waals surface area contributed by atoms with Crippen molar-refractivity contribution >= 4 is 43.8 Å². The highest BCUT2D eigenvalue weighted by Crippen LogP contribution is 2.36. The van der Waals surface area contributed by atoms with Crippen LogP contribution in [0.5, 0.6) is 0 Å². The number of methoxy groups -OCH3 is 1. The van der Waals surface area contributed by atoms with Gasteiger partial charge in [-0.3, -0.25) is 0 Å². The first-order chi connectivity index (χ1) is 12.0. The molecule has 25 heavy (non-hydrogen) atoms. The Morgan fingerprint density at radius 1 is 1.40 bits per heavy atom. The number of nitrogens with one attached hydrogen (secondary N) is 1. The number of carbonyl (C=O) groups is 1. The second-order valence-corrected chi connectivity index (χ2v) is 6.40. The van der Waals surface area contributed by atoms with Crippen LogP contribution in [-0.4, -0.2) is 39.4 Å². The average Bonchev–Trinajstić information content (AvgIpc) is 3.14. The monoisotopic (exact) mass is 471 g/mol. The van der Waals surface area contributed by atoms with E-state index in [2.05, 4.69) is 52.4 Å². The first-order valence-electron chi connectivity index (χ1n) is 7.09. The summed E-state index contributed by atoms with van der Waals surface area (Å²) in [6.07, 6.45) is 3.03. The second kappa shape index (κ2) is 7.44. The normalized spacial score (nSPS) is 17.1. The van der Waals surface area contributed by atoms with Crippen LogP contribution in [0.4, 0.5) is 4.39 Å². The number of rotatable bonds is 3. The molecule has 3 rings (SSSR count). The van der Waals surface area contributed by atoms with Crippen molar-refractivity contribution in [2.75, 3.05) is 12.4 Å². The molecule has 1 aliphatic rings. The van der Waals surface area contributed by atoms with E-state index in [1.807, 2.05) is 0 Å². The van der Waals surface area contributed by atoms with Gasteiger partial charge in [0.1, 0.15) is 11.9 Å². The second-order valence-electron chi connectivity index (χ2n) is 4.98. The van der Waals surface area contributed by atoms with Crippen molar-refractivity contribution in [1.82, 2.24) is 20.3 Å². The zero-order valence-corrected chi connectivity index (χ0v) is 16.1. The van der Waals surface area contributed by atoms with Crippen molar-refractivity contribution in [3.63, 3.8) is 0 Å². The molecule has 130 valence electrons. The highest BCUT2D eigenvalue weighted by atomic mass is 79.9. The van der Waals surface area contributed by atoms with Gasteiger partial charge in [0, 0.05) is 15.5 Å². The fraction of sp³-hybridized carbons (Fsp3) is 0.200. The molecule has 2 aromatic rings. The number of aliphatic imine (C=N–C) groups is 1. The van der Waals surface area contributed by atoms with Crippen LogP contribution in [0.15, 0.2) is 51.3 Å². The lowest BCUT2D eigenvalue weighted by Gasteiger charge is -2.26. The van der Waals surface area contributed by atoms with E-state index in [0.29, 0.717) is 32.6 Å². The summed E-state index contributed by atoms with van der Waals surface area (Å²) >= 11 is 6.70. The Labute approximate surface area is 159 Å². The standard InChI is InChI=1S/C15H12Br2FN5O2/c1-25-14(24)12-11(7-16)21-15(23-19-4-5-20-23)22-13(12)9-3-2-8(18)6-10(9)17/h2-6,13H,7H2,1H3,(H,21,22)/t13-/m0/s1. The summed E-state index contributed by atoms with van der Waals surface area (Å²) in [6.45, 7) is 0. The smallest absolute Gasteiger partial charge is 0.338 e. The molecule has 1 N–H and O–H groups in total. The first kappa shape index (κ1) is 17.7. The number of allylic oxidation sites excluding steroid dienone is 1. The molecule has 0 spiro atoms. The highest BCUT2D eigenvalue weighted by Gasteiger charge is 2.33. The van der Waals surface area contributed by atoms with Gasteiger partial charge >= 0.3 is 5.97 Å². The number of esters is 1. The van der Waals surface area contributed by atoms with Gasteiger partial charge in [0.15, 0.2) is 0 Å². The van der Waals surface area contributed by atoms with E-state index in [-0.39, 0.29) is 0 Å². The number of nitrogens with zero attached hydrogens (tertiary/aromatic N) is 4. The number of alkyl halides is 1. The number of ether oxygens (including phenoxy) is 1. The number of hydrogen-bond donors (Lipinski definition) is 1. The molecule has 1 atom stereocenters. The number of hydrogen-bond acceptors (Lipinski definition) is 6. The fourth-order valence-corrected chi connectivity index (χ4v) is 3.42. The maximum atomic E-state index is 13.5. The van der Waals surface area contributed by atoms with Gasteiger partial charge in [-0.2, -0.15) is 10.2 Å². The van der Waals surface area contributed by atoms with Crippen molar-refractivity contribution in [1.29, 1.82) is 0 Å². The molecule has 0 amide bonds. The molecule has 7 nitrogen and oxygen atoms in total. The highest BCUT2D eigenvalue weighted by molar-refractivity contribution is 9.10. The molecule has 0 saturated carbocycles.